The molecule has 1 fully saturated rings. The molecule has 0 aromatic heterocycles. The third kappa shape index (κ3) is 3.86. The van der Waals surface area contributed by atoms with Crippen molar-refractivity contribution in [3.63, 3.8) is 0 Å². The van der Waals surface area contributed by atoms with Gasteiger partial charge in [0.15, 0.2) is 5.82 Å². The summed E-state index contributed by atoms with van der Waals surface area (Å²) in [5.41, 5.74) is 0.330. The Bertz CT molecular complexity index is 548. The van der Waals surface area contributed by atoms with E-state index in [1.54, 1.807) is 0 Å². The number of carbonyl (C=O) groups excluding carboxylic acids is 1. The fourth-order valence-corrected chi connectivity index (χ4v) is 2.96. The Labute approximate surface area is 131 Å². The molecule has 1 aromatic rings. The van der Waals surface area contributed by atoms with Crippen LogP contribution in [0.5, 0.6) is 0 Å². The smallest absolute Gasteiger partial charge is 0.306 e. The van der Waals surface area contributed by atoms with Gasteiger partial charge in [0.25, 0.3) is 0 Å². The van der Waals surface area contributed by atoms with E-state index >= 15 is 0 Å². The number of nitrogens with one attached hydrogen (secondary N) is 1. The lowest BCUT2D eigenvalue weighted by molar-refractivity contribution is -0.143. The molecule has 21 heavy (non-hydrogen) atoms. The van der Waals surface area contributed by atoms with Gasteiger partial charge in [-0.15, -0.1) is 0 Å². The van der Waals surface area contributed by atoms with E-state index < -0.39 is 11.8 Å². The maximum Gasteiger partial charge on any atom is 0.306 e. The van der Waals surface area contributed by atoms with Crippen molar-refractivity contribution >= 4 is 40.8 Å². The van der Waals surface area contributed by atoms with Crippen LogP contribution in [0.3, 0.4) is 0 Å². The van der Waals surface area contributed by atoms with E-state index in [4.69, 9.17) is 28.3 Å². The monoisotopic (exact) mass is 333 g/mol. The summed E-state index contributed by atoms with van der Waals surface area (Å²) in [4.78, 5) is 23.0. The van der Waals surface area contributed by atoms with E-state index in [1.165, 1.54) is 12.1 Å². The highest BCUT2D eigenvalue weighted by molar-refractivity contribution is 6.35. The van der Waals surface area contributed by atoms with Crippen molar-refractivity contribution in [3.8, 4) is 0 Å². The van der Waals surface area contributed by atoms with E-state index in [0.717, 1.165) is 0 Å². The number of aliphatic carboxylic acids is 1. The molecular weight excluding hydrogens is 320 g/mol. The van der Waals surface area contributed by atoms with Gasteiger partial charge in [0.2, 0.25) is 5.91 Å². The van der Waals surface area contributed by atoms with Crippen LogP contribution in [-0.2, 0) is 9.59 Å². The van der Waals surface area contributed by atoms with E-state index in [1.807, 2.05) is 0 Å². The number of carbonyl (C=O) groups is 2. The SMILES string of the molecule is O=C(O)C1CCC(C(=O)Nc2cc(Cl)c(F)c(Cl)c2)CC1. The topological polar surface area (TPSA) is 66.4 Å². The highest BCUT2D eigenvalue weighted by atomic mass is 35.5. The second-order valence-electron chi connectivity index (χ2n) is 5.13. The molecule has 114 valence electrons. The lowest BCUT2D eigenvalue weighted by Crippen LogP contribution is -2.29. The van der Waals surface area contributed by atoms with Gasteiger partial charge in [-0.1, -0.05) is 23.2 Å². The van der Waals surface area contributed by atoms with E-state index in [2.05, 4.69) is 5.32 Å². The average Bonchev–Trinajstić information content (AvgIpc) is 2.44. The Morgan fingerprint density at radius 1 is 1.10 bits per heavy atom. The summed E-state index contributed by atoms with van der Waals surface area (Å²) in [7, 11) is 0. The number of halogens is 3. The maximum absolute atomic E-state index is 13.3. The van der Waals surface area contributed by atoms with E-state index in [9.17, 15) is 14.0 Å². The predicted molar refractivity (Wildman–Crippen MR) is 78.1 cm³/mol. The molecule has 0 saturated heterocycles. The summed E-state index contributed by atoms with van der Waals surface area (Å²) >= 11 is 11.3. The third-order valence-electron chi connectivity index (χ3n) is 3.70. The number of carboxylic acids is 1. The van der Waals surface area contributed by atoms with Gasteiger partial charge in [-0.2, -0.15) is 0 Å². The Hall–Kier alpha value is -1.33. The van der Waals surface area contributed by atoms with E-state index in [-0.39, 0.29) is 27.8 Å². The van der Waals surface area contributed by atoms with Gasteiger partial charge in [-0.25, -0.2) is 4.39 Å². The molecule has 0 atom stereocenters. The zero-order chi connectivity index (χ0) is 15.6. The largest absolute Gasteiger partial charge is 0.481 e. The fourth-order valence-electron chi connectivity index (χ4n) is 2.47. The van der Waals surface area contributed by atoms with Crippen LogP contribution in [0.1, 0.15) is 25.7 Å². The van der Waals surface area contributed by atoms with Crippen LogP contribution in [0.25, 0.3) is 0 Å². The minimum absolute atomic E-state index is 0.160. The molecule has 0 radical (unpaired) electrons. The Morgan fingerprint density at radius 2 is 1.57 bits per heavy atom. The van der Waals surface area contributed by atoms with Crippen LogP contribution >= 0.6 is 23.2 Å². The molecule has 1 aliphatic carbocycles. The first kappa shape index (κ1) is 16.0. The highest BCUT2D eigenvalue weighted by Gasteiger charge is 2.29. The molecule has 0 heterocycles. The van der Waals surface area contributed by atoms with Crippen molar-refractivity contribution in [2.24, 2.45) is 11.8 Å². The summed E-state index contributed by atoms with van der Waals surface area (Å²) in [5, 5.41) is 11.2. The van der Waals surface area contributed by atoms with E-state index in [0.29, 0.717) is 31.4 Å². The summed E-state index contributed by atoms with van der Waals surface area (Å²) in [6.07, 6.45) is 2.01. The van der Waals surface area contributed by atoms with Crippen molar-refractivity contribution < 1.29 is 19.1 Å². The maximum atomic E-state index is 13.3. The van der Waals surface area contributed by atoms with Crippen LogP contribution in [0.4, 0.5) is 10.1 Å². The molecule has 4 nitrogen and oxygen atoms in total. The number of benzene rings is 1. The molecule has 0 aliphatic heterocycles. The van der Waals surface area contributed by atoms with Gasteiger partial charge < -0.3 is 10.4 Å². The number of carboxylic acid groups (broad SMARTS) is 1. The minimum atomic E-state index is -0.814. The third-order valence-corrected chi connectivity index (χ3v) is 4.25. The number of hydrogen-bond donors (Lipinski definition) is 2. The molecule has 1 aliphatic rings. The fraction of sp³-hybridized carbons (Fsp3) is 0.429. The first-order chi connectivity index (χ1) is 9.88. The Balaban J connectivity index is 1.98. The van der Waals surface area contributed by atoms with Crippen LogP contribution < -0.4 is 5.32 Å². The van der Waals surface area contributed by atoms with Crippen LogP contribution in [-0.4, -0.2) is 17.0 Å². The van der Waals surface area contributed by atoms with Crippen molar-refractivity contribution in [1.29, 1.82) is 0 Å². The summed E-state index contributed by atoms with van der Waals surface area (Å²) in [6.45, 7) is 0. The lowest BCUT2D eigenvalue weighted by Gasteiger charge is -2.25. The molecule has 1 saturated carbocycles. The molecule has 0 spiro atoms. The zero-order valence-electron chi connectivity index (χ0n) is 11.0. The number of rotatable bonds is 3. The first-order valence-electron chi connectivity index (χ1n) is 6.56. The molecule has 0 unspecified atom stereocenters. The van der Waals surface area contributed by atoms with Crippen molar-refractivity contribution in [3.05, 3.63) is 28.0 Å². The van der Waals surface area contributed by atoms with Gasteiger partial charge in [0.1, 0.15) is 0 Å². The van der Waals surface area contributed by atoms with Crippen LogP contribution in [0.15, 0.2) is 12.1 Å². The molecule has 1 aromatic carbocycles. The van der Waals surface area contributed by atoms with Gasteiger partial charge in [-0.3, -0.25) is 9.59 Å². The number of hydrogen-bond acceptors (Lipinski definition) is 2. The zero-order valence-corrected chi connectivity index (χ0v) is 12.5. The predicted octanol–water partition coefficient (Wildman–Crippen LogP) is 3.96. The van der Waals surface area contributed by atoms with Crippen LogP contribution in [0.2, 0.25) is 10.0 Å². The van der Waals surface area contributed by atoms with Crippen molar-refractivity contribution in [2.75, 3.05) is 5.32 Å². The standard InChI is InChI=1S/C14H14Cl2FNO3/c15-10-5-9(6-11(16)12(10)17)18-13(19)7-1-3-8(4-2-7)14(20)21/h5-8H,1-4H2,(H,18,19)(H,20,21). The highest BCUT2D eigenvalue weighted by Crippen LogP contribution is 2.31. The van der Waals surface area contributed by atoms with Gasteiger partial charge in [0.05, 0.1) is 16.0 Å². The summed E-state index contributed by atoms with van der Waals surface area (Å²) < 4.78 is 13.3. The molecule has 0 bridgehead atoms. The van der Waals surface area contributed by atoms with Gasteiger partial charge in [0, 0.05) is 11.6 Å². The second kappa shape index (κ2) is 6.62. The van der Waals surface area contributed by atoms with Gasteiger partial charge in [-0.05, 0) is 37.8 Å². The molecule has 7 heteroatoms. The molecule has 2 N–H and O–H groups in total. The second-order valence-corrected chi connectivity index (χ2v) is 5.94. The number of amides is 1. The quantitative estimate of drug-likeness (QED) is 0.822. The normalized spacial score (nSPS) is 21.9. The summed E-state index contributed by atoms with van der Waals surface area (Å²) in [6, 6.07) is 2.59. The lowest BCUT2D eigenvalue weighted by atomic mass is 9.81. The van der Waals surface area contributed by atoms with Crippen LogP contribution in [0, 0.1) is 17.7 Å². The minimum Gasteiger partial charge on any atom is -0.481 e. The van der Waals surface area contributed by atoms with Crippen molar-refractivity contribution in [1.82, 2.24) is 0 Å². The van der Waals surface area contributed by atoms with Gasteiger partial charge >= 0.3 is 5.97 Å². The molecule has 2 rings (SSSR count). The summed E-state index contributed by atoms with van der Waals surface area (Å²) in [5.74, 6) is -2.38. The average molecular weight is 334 g/mol. The molecule has 1 amide bonds. The Morgan fingerprint density at radius 3 is 2.05 bits per heavy atom. The Kier molecular flexibility index (Phi) is 5.06. The first-order valence-corrected chi connectivity index (χ1v) is 7.32. The number of anilines is 1. The molecular formula is C14H14Cl2FNO3. The van der Waals surface area contributed by atoms with Crippen molar-refractivity contribution in [2.45, 2.75) is 25.7 Å².